The number of halogens is 3. The summed E-state index contributed by atoms with van der Waals surface area (Å²) in [5.74, 6) is 1.22. The van der Waals surface area contributed by atoms with E-state index in [9.17, 15) is 13.2 Å². The first-order valence-electron chi connectivity index (χ1n) is 7.54. The number of nitrogens with zero attached hydrogens (tertiary/aromatic N) is 6. The topological polar surface area (TPSA) is 71.2 Å². The van der Waals surface area contributed by atoms with Crippen molar-refractivity contribution < 1.29 is 17.7 Å². The molecule has 3 rings (SSSR count). The minimum absolute atomic E-state index is 0.0456. The Morgan fingerprint density at radius 2 is 1.88 bits per heavy atom. The molecule has 0 amide bonds. The molecule has 0 aliphatic carbocycles. The third-order valence-corrected chi connectivity index (χ3v) is 3.98. The first-order chi connectivity index (χ1) is 11.3. The highest BCUT2D eigenvalue weighted by atomic mass is 19.4. The predicted molar refractivity (Wildman–Crippen MR) is 78.3 cm³/mol. The summed E-state index contributed by atoms with van der Waals surface area (Å²) in [6.07, 6.45) is -3.33. The van der Waals surface area contributed by atoms with E-state index in [1.165, 1.54) is 0 Å². The lowest BCUT2D eigenvalue weighted by molar-refractivity contribution is -0.141. The molecule has 0 aromatic carbocycles. The van der Waals surface area contributed by atoms with Crippen molar-refractivity contribution in [2.75, 3.05) is 31.1 Å². The summed E-state index contributed by atoms with van der Waals surface area (Å²) in [5, 5.41) is 3.78. The Balaban J connectivity index is 1.65. The lowest BCUT2D eigenvalue weighted by atomic mass is 10.2. The van der Waals surface area contributed by atoms with Gasteiger partial charge in [0.05, 0.1) is 6.04 Å². The first kappa shape index (κ1) is 16.6. The largest absolute Gasteiger partial charge is 0.433 e. The molecule has 1 unspecified atom stereocenters. The lowest BCUT2D eigenvalue weighted by Crippen LogP contribution is -2.47. The van der Waals surface area contributed by atoms with E-state index >= 15 is 0 Å². The number of aromatic nitrogens is 4. The van der Waals surface area contributed by atoms with Crippen LogP contribution < -0.4 is 4.90 Å². The molecular weight excluding hydrogens is 325 g/mol. The van der Waals surface area contributed by atoms with E-state index < -0.39 is 11.9 Å². The fourth-order valence-corrected chi connectivity index (χ4v) is 2.61. The average molecular weight is 342 g/mol. The van der Waals surface area contributed by atoms with E-state index in [0.29, 0.717) is 37.9 Å². The zero-order chi connectivity index (χ0) is 17.3. The second-order valence-corrected chi connectivity index (χ2v) is 5.62. The summed E-state index contributed by atoms with van der Waals surface area (Å²) in [5.41, 5.74) is -0.926. The predicted octanol–water partition coefficient (Wildman–Crippen LogP) is 2.07. The number of piperazine rings is 1. The lowest BCUT2D eigenvalue weighted by Gasteiger charge is -2.36. The summed E-state index contributed by atoms with van der Waals surface area (Å²) in [7, 11) is 0. The second-order valence-electron chi connectivity index (χ2n) is 5.62. The number of anilines is 1. The maximum atomic E-state index is 12.8. The Morgan fingerprint density at radius 3 is 2.46 bits per heavy atom. The van der Waals surface area contributed by atoms with Gasteiger partial charge in [0, 0.05) is 32.4 Å². The molecule has 24 heavy (non-hydrogen) atoms. The molecule has 0 N–H and O–H groups in total. The third kappa shape index (κ3) is 3.48. The summed E-state index contributed by atoms with van der Waals surface area (Å²) in [6.45, 7) is 6.05. The van der Waals surface area contributed by atoms with E-state index in [0.717, 1.165) is 12.3 Å². The van der Waals surface area contributed by atoms with Crippen molar-refractivity contribution in [1.29, 1.82) is 0 Å². The molecule has 3 heterocycles. The molecule has 0 spiro atoms. The van der Waals surface area contributed by atoms with Crippen LogP contribution in [0.25, 0.3) is 0 Å². The van der Waals surface area contributed by atoms with Crippen LogP contribution in [0.1, 0.15) is 30.4 Å². The Hall–Kier alpha value is -2.23. The Kier molecular flexibility index (Phi) is 4.39. The van der Waals surface area contributed by atoms with Crippen LogP contribution in [0.5, 0.6) is 0 Å². The van der Waals surface area contributed by atoms with Crippen LogP contribution in [-0.2, 0) is 6.18 Å². The van der Waals surface area contributed by atoms with Crippen LogP contribution in [0.3, 0.4) is 0 Å². The fourth-order valence-electron chi connectivity index (χ4n) is 2.61. The van der Waals surface area contributed by atoms with Crippen molar-refractivity contribution in [1.82, 2.24) is 25.0 Å². The van der Waals surface area contributed by atoms with Gasteiger partial charge in [-0.2, -0.15) is 18.2 Å². The maximum absolute atomic E-state index is 12.8. The molecule has 0 bridgehead atoms. The Morgan fingerprint density at radius 1 is 1.17 bits per heavy atom. The van der Waals surface area contributed by atoms with Crippen LogP contribution in [0.4, 0.5) is 19.1 Å². The van der Waals surface area contributed by atoms with Crippen molar-refractivity contribution in [2.45, 2.75) is 26.1 Å². The van der Waals surface area contributed by atoms with Gasteiger partial charge in [0.1, 0.15) is 5.69 Å². The molecule has 2 aromatic rings. The second kappa shape index (κ2) is 6.34. The van der Waals surface area contributed by atoms with Gasteiger partial charge in [0.2, 0.25) is 11.8 Å². The van der Waals surface area contributed by atoms with E-state index in [1.54, 1.807) is 11.8 Å². The first-order valence-corrected chi connectivity index (χ1v) is 7.54. The van der Waals surface area contributed by atoms with Crippen molar-refractivity contribution >= 4 is 5.95 Å². The standard InChI is InChI=1S/C14H17F3N6O/c1-9(12-19-10(2)21-24-12)22-5-7-23(8-6-22)13-18-4-3-11(20-13)14(15,16)17/h3-4,9H,5-8H2,1-2H3. The van der Waals surface area contributed by atoms with Gasteiger partial charge in [-0.3, -0.25) is 4.90 Å². The maximum Gasteiger partial charge on any atom is 0.433 e. The van der Waals surface area contributed by atoms with Crippen LogP contribution in [-0.4, -0.2) is 51.2 Å². The number of aryl methyl sites for hydroxylation is 1. The number of hydrogen-bond acceptors (Lipinski definition) is 7. The van der Waals surface area contributed by atoms with Gasteiger partial charge in [0.25, 0.3) is 0 Å². The van der Waals surface area contributed by atoms with Crippen molar-refractivity contribution in [3.05, 3.63) is 29.7 Å². The Labute approximate surface area is 136 Å². The van der Waals surface area contributed by atoms with Gasteiger partial charge < -0.3 is 9.42 Å². The Bertz CT molecular complexity index is 696. The quantitative estimate of drug-likeness (QED) is 0.845. The molecule has 1 aliphatic heterocycles. The molecule has 0 radical (unpaired) electrons. The van der Waals surface area contributed by atoms with Crippen LogP contribution in [0, 0.1) is 6.92 Å². The molecule has 10 heteroatoms. The molecule has 0 saturated carbocycles. The smallest absolute Gasteiger partial charge is 0.338 e. The van der Waals surface area contributed by atoms with Gasteiger partial charge in [-0.1, -0.05) is 5.16 Å². The third-order valence-electron chi connectivity index (χ3n) is 3.98. The normalized spacial score (nSPS) is 18.0. The van der Waals surface area contributed by atoms with Crippen LogP contribution in [0.2, 0.25) is 0 Å². The summed E-state index contributed by atoms with van der Waals surface area (Å²) < 4.78 is 43.4. The SMILES string of the molecule is Cc1noc(C(C)N2CCN(c3nccc(C(F)(F)F)n3)CC2)n1. The van der Waals surface area contributed by atoms with Gasteiger partial charge in [-0.15, -0.1) is 0 Å². The monoisotopic (exact) mass is 342 g/mol. The molecule has 1 fully saturated rings. The summed E-state index contributed by atoms with van der Waals surface area (Å²) >= 11 is 0. The van der Waals surface area contributed by atoms with Gasteiger partial charge in [-0.05, 0) is 19.9 Å². The van der Waals surface area contributed by atoms with E-state index in [-0.39, 0.29) is 12.0 Å². The van der Waals surface area contributed by atoms with Gasteiger partial charge in [0.15, 0.2) is 5.82 Å². The zero-order valence-electron chi connectivity index (χ0n) is 13.3. The van der Waals surface area contributed by atoms with Crippen molar-refractivity contribution in [3.63, 3.8) is 0 Å². The minimum atomic E-state index is -4.47. The van der Waals surface area contributed by atoms with Crippen LogP contribution >= 0.6 is 0 Å². The molecule has 1 saturated heterocycles. The highest BCUT2D eigenvalue weighted by Crippen LogP contribution is 2.28. The molecule has 1 atom stereocenters. The number of rotatable bonds is 3. The molecule has 7 nitrogen and oxygen atoms in total. The number of alkyl halides is 3. The average Bonchev–Trinajstić information content (AvgIpc) is 3.00. The van der Waals surface area contributed by atoms with E-state index in [4.69, 9.17) is 4.52 Å². The van der Waals surface area contributed by atoms with Crippen molar-refractivity contribution in [2.24, 2.45) is 0 Å². The summed E-state index contributed by atoms with van der Waals surface area (Å²) in [4.78, 5) is 15.7. The number of hydrogen-bond donors (Lipinski definition) is 0. The highest BCUT2D eigenvalue weighted by molar-refractivity contribution is 5.31. The zero-order valence-corrected chi connectivity index (χ0v) is 13.3. The van der Waals surface area contributed by atoms with E-state index in [2.05, 4.69) is 25.0 Å². The van der Waals surface area contributed by atoms with Crippen LogP contribution in [0.15, 0.2) is 16.8 Å². The highest BCUT2D eigenvalue weighted by Gasteiger charge is 2.34. The van der Waals surface area contributed by atoms with Gasteiger partial charge >= 0.3 is 6.18 Å². The molecule has 1 aliphatic rings. The van der Waals surface area contributed by atoms with E-state index in [1.807, 2.05) is 6.92 Å². The van der Waals surface area contributed by atoms with Gasteiger partial charge in [-0.25, -0.2) is 9.97 Å². The molecular formula is C14H17F3N6O. The molecule has 130 valence electrons. The minimum Gasteiger partial charge on any atom is -0.338 e. The molecule has 2 aromatic heterocycles. The summed E-state index contributed by atoms with van der Waals surface area (Å²) in [6, 6.07) is 0.829. The van der Waals surface area contributed by atoms with Crippen molar-refractivity contribution in [3.8, 4) is 0 Å². The fraction of sp³-hybridized carbons (Fsp3) is 0.571.